The molecule has 0 aliphatic carbocycles. The number of alkyl halides is 6. The van der Waals surface area contributed by atoms with E-state index in [0.717, 1.165) is 11.1 Å². The third kappa shape index (κ3) is 7.80. The van der Waals surface area contributed by atoms with E-state index in [9.17, 15) is 44.4 Å². The minimum absolute atomic E-state index is 0.141. The van der Waals surface area contributed by atoms with Crippen LogP contribution in [0.15, 0.2) is 111 Å². The molecule has 0 saturated carbocycles. The Morgan fingerprint density at radius 3 is 1.35 bits per heavy atom. The number of aromatic hydroxyl groups is 1. The van der Waals surface area contributed by atoms with Crippen molar-refractivity contribution < 1.29 is 44.4 Å². The van der Waals surface area contributed by atoms with Crippen LogP contribution in [0.25, 0.3) is 0 Å². The standard InChI is InChI=1S/C20H18OS.C8H4F6O3S/c1-15-13-19(14-16(2)20(15)21)22(17-9-5-3-6-10-17)18-11-7-4-8-12-18;9-7(10,11)4-1-5(8(12,13)14)3-6(2-4)18(15,16)17/h3-14H,1-2H3;1-3H,(H,15,16,17). The summed E-state index contributed by atoms with van der Waals surface area (Å²) < 4.78 is 105. The van der Waals surface area contributed by atoms with Crippen molar-refractivity contribution >= 4 is 21.0 Å². The van der Waals surface area contributed by atoms with Crippen molar-refractivity contribution in [2.45, 2.75) is 45.8 Å². The molecule has 0 aliphatic rings. The van der Waals surface area contributed by atoms with Crippen molar-refractivity contribution in [3.05, 3.63) is 113 Å². The van der Waals surface area contributed by atoms with Gasteiger partial charge in [-0.25, -0.2) is 8.42 Å². The van der Waals surface area contributed by atoms with Crippen molar-refractivity contribution in [2.24, 2.45) is 0 Å². The first-order valence-electron chi connectivity index (χ1n) is 11.4. The highest BCUT2D eigenvalue weighted by atomic mass is 32.2. The Labute approximate surface area is 230 Å². The summed E-state index contributed by atoms with van der Waals surface area (Å²) in [6, 6.07) is 24.8. The van der Waals surface area contributed by atoms with Crippen molar-refractivity contribution in [3.63, 3.8) is 0 Å². The second-order valence-corrected chi connectivity index (χ2v) is 11.9. The van der Waals surface area contributed by atoms with Crippen LogP contribution in [0.3, 0.4) is 0 Å². The number of rotatable bonds is 4. The molecule has 4 aromatic rings. The molecule has 4 rings (SSSR count). The minimum Gasteiger partial charge on any atom is -0.744 e. The van der Waals surface area contributed by atoms with Crippen molar-refractivity contribution in [1.82, 2.24) is 0 Å². The Balaban J connectivity index is 0.000000226. The Kier molecular flexibility index (Phi) is 9.28. The Morgan fingerprint density at radius 2 is 1.02 bits per heavy atom. The van der Waals surface area contributed by atoms with Crippen LogP contribution in [0.1, 0.15) is 22.3 Å². The lowest BCUT2D eigenvalue weighted by molar-refractivity contribution is -0.143. The lowest BCUT2D eigenvalue weighted by Crippen LogP contribution is -2.13. The molecule has 0 radical (unpaired) electrons. The molecule has 0 saturated heterocycles. The highest BCUT2D eigenvalue weighted by Gasteiger charge is 2.37. The molecule has 0 aromatic heterocycles. The molecule has 1 N–H and O–H groups in total. The third-order valence-corrected chi connectivity index (χ3v) is 8.52. The van der Waals surface area contributed by atoms with Crippen LogP contribution in [-0.2, 0) is 33.4 Å². The maximum Gasteiger partial charge on any atom is 0.416 e. The van der Waals surface area contributed by atoms with Gasteiger partial charge in [0.1, 0.15) is 15.9 Å². The molecule has 0 unspecified atom stereocenters. The van der Waals surface area contributed by atoms with E-state index in [1.165, 1.54) is 14.7 Å². The van der Waals surface area contributed by atoms with Gasteiger partial charge in [0.25, 0.3) is 0 Å². The van der Waals surface area contributed by atoms with Crippen LogP contribution in [0, 0.1) is 13.8 Å². The van der Waals surface area contributed by atoms with Gasteiger partial charge >= 0.3 is 12.4 Å². The van der Waals surface area contributed by atoms with Crippen LogP contribution in [0.4, 0.5) is 26.3 Å². The molecule has 0 atom stereocenters. The van der Waals surface area contributed by atoms with Gasteiger partial charge in [0.05, 0.1) is 26.9 Å². The molecular formula is C28H22F6O4S2. The average molecular weight is 601 g/mol. The number of hydrogen-bond donors (Lipinski definition) is 1. The van der Waals surface area contributed by atoms with Crippen molar-refractivity contribution in [2.75, 3.05) is 0 Å². The topological polar surface area (TPSA) is 77.4 Å². The maximum atomic E-state index is 12.3. The number of benzene rings is 4. The van der Waals surface area contributed by atoms with E-state index in [2.05, 4.69) is 60.7 Å². The van der Waals surface area contributed by atoms with E-state index in [1.807, 2.05) is 26.0 Å². The molecule has 4 aromatic carbocycles. The average Bonchev–Trinajstić information content (AvgIpc) is 2.87. The van der Waals surface area contributed by atoms with Crippen LogP contribution in [0.5, 0.6) is 5.75 Å². The zero-order chi connectivity index (χ0) is 29.9. The molecule has 0 fully saturated rings. The first-order chi connectivity index (χ1) is 18.5. The normalized spacial score (nSPS) is 12.2. The quantitative estimate of drug-likeness (QED) is 0.148. The van der Waals surface area contributed by atoms with Crippen LogP contribution < -0.4 is 0 Å². The van der Waals surface area contributed by atoms with Crippen LogP contribution in [0.2, 0.25) is 0 Å². The highest BCUT2D eigenvalue weighted by Crippen LogP contribution is 2.37. The van der Waals surface area contributed by atoms with Gasteiger partial charge in [-0.3, -0.25) is 0 Å². The Hall–Kier alpha value is -3.48. The largest absolute Gasteiger partial charge is 0.744 e. The van der Waals surface area contributed by atoms with Crippen molar-refractivity contribution in [1.29, 1.82) is 0 Å². The monoisotopic (exact) mass is 600 g/mol. The Bertz CT molecular complexity index is 1480. The number of aryl methyl sites for hydroxylation is 2. The van der Waals surface area contributed by atoms with E-state index in [4.69, 9.17) is 0 Å². The molecule has 0 heterocycles. The Morgan fingerprint density at radius 1 is 0.650 bits per heavy atom. The van der Waals surface area contributed by atoms with E-state index < -0.39 is 38.5 Å². The van der Waals surface area contributed by atoms with Gasteiger partial charge in [0.2, 0.25) is 0 Å². The van der Waals surface area contributed by atoms with Gasteiger partial charge < -0.3 is 9.66 Å². The zero-order valence-electron chi connectivity index (χ0n) is 20.9. The molecule has 4 nitrogen and oxygen atoms in total. The van der Waals surface area contributed by atoms with E-state index >= 15 is 0 Å². The summed E-state index contributed by atoms with van der Waals surface area (Å²) in [6.07, 6.45) is -10.4. The maximum absolute atomic E-state index is 12.3. The fourth-order valence-electron chi connectivity index (χ4n) is 3.63. The lowest BCUT2D eigenvalue weighted by atomic mass is 10.1. The number of phenolic OH excluding ortho intramolecular Hbond substituents is 1. The van der Waals surface area contributed by atoms with Crippen LogP contribution in [-0.4, -0.2) is 18.1 Å². The third-order valence-electron chi connectivity index (χ3n) is 5.51. The highest BCUT2D eigenvalue weighted by molar-refractivity contribution is 7.97. The van der Waals surface area contributed by atoms with E-state index in [0.29, 0.717) is 5.75 Å². The van der Waals surface area contributed by atoms with Gasteiger partial charge in [0, 0.05) is 12.1 Å². The fraction of sp³-hybridized carbons (Fsp3) is 0.143. The van der Waals surface area contributed by atoms with Gasteiger partial charge in [-0.05, 0) is 67.4 Å². The summed E-state index contributed by atoms with van der Waals surface area (Å²) in [5.74, 6) is 0.397. The van der Waals surface area contributed by atoms with Crippen molar-refractivity contribution in [3.8, 4) is 5.75 Å². The lowest BCUT2D eigenvalue weighted by Gasteiger charge is -2.15. The molecule has 0 spiro atoms. The zero-order valence-corrected chi connectivity index (χ0v) is 22.5. The van der Waals surface area contributed by atoms with E-state index in [1.54, 1.807) is 0 Å². The summed E-state index contributed by atoms with van der Waals surface area (Å²) in [5.41, 5.74) is -1.85. The van der Waals surface area contributed by atoms with Crippen LogP contribution >= 0.6 is 0 Å². The molecule has 0 aliphatic heterocycles. The van der Waals surface area contributed by atoms with Gasteiger partial charge in [-0.2, -0.15) is 26.3 Å². The molecule has 0 amide bonds. The molecule has 0 bridgehead atoms. The smallest absolute Gasteiger partial charge is 0.416 e. The summed E-state index contributed by atoms with van der Waals surface area (Å²) >= 11 is 0. The summed E-state index contributed by atoms with van der Waals surface area (Å²) in [5, 5.41) is 10.1. The number of halogens is 6. The first kappa shape index (κ1) is 31.1. The number of phenols is 1. The predicted molar refractivity (Wildman–Crippen MR) is 137 cm³/mol. The molecule has 12 heteroatoms. The summed E-state index contributed by atoms with van der Waals surface area (Å²) in [6.45, 7) is 3.92. The predicted octanol–water partition coefficient (Wildman–Crippen LogP) is 7.73. The van der Waals surface area contributed by atoms with E-state index in [-0.39, 0.29) is 29.1 Å². The molecule has 212 valence electrons. The van der Waals surface area contributed by atoms with Gasteiger partial charge in [-0.15, -0.1) is 0 Å². The first-order valence-corrected chi connectivity index (χ1v) is 14.0. The second kappa shape index (κ2) is 11.9. The number of hydrogen-bond acceptors (Lipinski definition) is 4. The molecule has 40 heavy (non-hydrogen) atoms. The summed E-state index contributed by atoms with van der Waals surface area (Å²) in [7, 11) is -5.57. The van der Waals surface area contributed by atoms with Gasteiger partial charge in [-0.1, -0.05) is 36.4 Å². The summed E-state index contributed by atoms with van der Waals surface area (Å²) in [4.78, 5) is 2.24. The SMILES string of the molecule is Cc1cc([S+](c2ccccc2)c2ccccc2)cc(C)c1O.O=S(=O)([O-])c1cc(C(F)(F)F)cc(C(F)(F)F)c1. The molecular weight excluding hydrogens is 578 g/mol. The second-order valence-electron chi connectivity index (χ2n) is 8.53. The van der Waals surface area contributed by atoms with Gasteiger partial charge in [0.15, 0.2) is 14.7 Å². The minimum atomic E-state index is -5.42. The fourth-order valence-corrected chi connectivity index (χ4v) is 6.43.